The number of hydrogen-bond acceptors (Lipinski definition) is 4. The minimum Gasteiger partial charge on any atom is -0.468 e. The van der Waals surface area contributed by atoms with Crippen LogP contribution in [0.2, 0.25) is 0 Å². The normalized spacial score (nSPS) is 21.2. The van der Waals surface area contributed by atoms with Gasteiger partial charge in [0.05, 0.1) is 12.3 Å². The molecule has 0 bridgehead atoms. The van der Waals surface area contributed by atoms with Crippen molar-refractivity contribution >= 4 is 6.09 Å². The Kier molecular flexibility index (Phi) is 4.93. The zero-order chi connectivity index (χ0) is 15.5. The summed E-state index contributed by atoms with van der Waals surface area (Å²) in [4.78, 5) is 14.0. The molecule has 1 amide bonds. The summed E-state index contributed by atoms with van der Waals surface area (Å²) in [5, 5.41) is 2.86. The SMILES string of the molecule is C[C@H](c1ccco1)N1CC[C@H](CNC(=O)OC(C)(C)C)C1. The first kappa shape index (κ1) is 15.9. The number of likely N-dealkylation sites (tertiary alicyclic amines) is 1. The molecule has 0 radical (unpaired) electrons. The molecule has 1 aliphatic rings. The van der Waals surface area contributed by atoms with Gasteiger partial charge in [0.2, 0.25) is 0 Å². The van der Waals surface area contributed by atoms with E-state index in [1.165, 1.54) is 0 Å². The van der Waals surface area contributed by atoms with Gasteiger partial charge in [0, 0.05) is 13.1 Å². The lowest BCUT2D eigenvalue weighted by atomic mass is 10.1. The third kappa shape index (κ3) is 4.77. The van der Waals surface area contributed by atoms with Crippen LogP contribution in [0.4, 0.5) is 4.79 Å². The van der Waals surface area contributed by atoms with Crippen molar-refractivity contribution in [2.45, 2.75) is 45.8 Å². The molecule has 1 aromatic heterocycles. The number of furan rings is 1. The molecule has 0 saturated carbocycles. The summed E-state index contributed by atoms with van der Waals surface area (Å²) in [6.45, 7) is 10.4. The number of ether oxygens (including phenoxy) is 1. The topological polar surface area (TPSA) is 54.7 Å². The second kappa shape index (κ2) is 6.52. The van der Waals surface area contributed by atoms with E-state index < -0.39 is 5.60 Å². The summed E-state index contributed by atoms with van der Waals surface area (Å²) in [6.07, 6.45) is 2.46. The molecule has 118 valence electrons. The van der Waals surface area contributed by atoms with Gasteiger partial charge in [-0.2, -0.15) is 0 Å². The van der Waals surface area contributed by atoms with Crippen LogP contribution in [0, 0.1) is 5.92 Å². The van der Waals surface area contributed by atoms with E-state index in [0.29, 0.717) is 12.5 Å². The van der Waals surface area contributed by atoms with Gasteiger partial charge in [-0.05, 0) is 58.7 Å². The second-order valence-electron chi connectivity index (χ2n) is 6.72. The van der Waals surface area contributed by atoms with Gasteiger partial charge in [-0.1, -0.05) is 0 Å². The van der Waals surface area contributed by atoms with Crippen molar-refractivity contribution in [1.82, 2.24) is 10.2 Å². The summed E-state index contributed by atoms with van der Waals surface area (Å²) in [6, 6.07) is 4.21. The van der Waals surface area contributed by atoms with Crippen molar-refractivity contribution in [3.05, 3.63) is 24.2 Å². The van der Waals surface area contributed by atoms with Crippen molar-refractivity contribution in [2.24, 2.45) is 5.92 Å². The van der Waals surface area contributed by atoms with Crippen LogP contribution in [-0.4, -0.2) is 36.2 Å². The van der Waals surface area contributed by atoms with Gasteiger partial charge in [-0.3, -0.25) is 4.90 Å². The van der Waals surface area contributed by atoms with Crippen LogP contribution in [0.15, 0.2) is 22.8 Å². The lowest BCUT2D eigenvalue weighted by molar-refractivity contribution is 0.0519. The van der Waals surface area contributed by atoms with E-state index in [1.807, 2.05) is 32.9 Å². The van der Waals surface area contributed by atoms with E-state index >= 15 is 0 Å². The van der Waals surface area contributed by atoms with Crippen LogP contribution in [0.3, 0.4) is 0 Å². The summed E-state index contributed by atoms with van der Waals surface area (Å²) in [7, 11) is 0. The van der Waals surface area contributed by atoms with E-state index in [4.69, 9.17) is 9.15 Å². The summed E-state index contributed by atoms with van der Waals surface area (Å²) in [5.74, 6) is 1.46. The summed E-state index contributed by atoms with van der Waals surface area (Å²) >= 11 is 0. The van der Waals surface area contributed by atoms with Crippen LogP contribution in [0.1, 0.15) is 45.9 Å². The predicted molar refractivity (Wildman–Crippen MR) is 81.0 cm³/mol. The fraction of sp³-hybridized carbons (Fsp3) is 0.688. The molecule has 0 aliphatic carbocycles. The second-order valence-corrected chi connectivity index (χ2v) is 6.72. The van der Waals surface area contributed by atoms with Crippen LogP contribution < -0.4 is 5.32 Å². The van der Waals surface area contributed by atoms with Crippen molar-refractivity contribution < 1.29 is 13.9 Å². The monoisotopic (exact) mass is 294 g/mol. The summed E-state index contributed by atoms with van der Waals surface area (Å²) < 4.78 is 10.7. The molecule has 5 nitrogen and oxygen atoms in total. The highest BCUT2D eigenvalue weighted by atomic mass is 16.6. The van der Waals surface area contributed by atoms with Crippen molar-refractivity contribution in [1.29, 1.82) is 0 Å². The molecule has 2 heterocycles. The number of nitrogens with one attached hydrogen (secondary N) is 1. The lowest BCUT2D eigenvalue weighted by Gasteiger charge is -2.23. The number of carbonyl (C=O) groups is 1. The van der Waals surface area contributed by atoms with E-state index in [2.05, 4.69) is 17.1 Å². The van der Waals surface area contributed by atoms with Crippen LogP contribution >= 0.6 is 0 Å². The number of nitrogens with zero attached hydrogens (tertiary/aromatic N) is 1. The minimum atomic E-state index is -0.445. The average molecular weight is 294 g/mol. The number of alkyl carbamates (subject to hydrolysis) is 1. The van der Waals surface area contributed by atoms with Gasteiger partial charge in [-0.15, -0.1) is 0 Å². The Morgan fingerprint density at radius 1 is 1.57 bits per heavy atom. The van der Waals surface area contributed by atoms with Gasteiger partial charge in [-0.25, -0.2) is 4.79 Å². The Balaban J connectivity index is 1.74. The zero-order valence-corrected chi connectivity index (χ0v) is 13.4. The number of hydrogen-bond donors (Lipinski definition) is 1. The Bertz CT molecular complexity index is 451. The Morgan fingerprint density at radius 3 is 2.95 bits per heavy atom. The molecule has 5 heteroatoms. The Morgan fingerprint density at radius 2 is 2.33 bits per heavy atom. The maximum atomic E-state index is 11.7. The van der Waals surface area contributed by atoms with Crippen LogP contribution in [-0.2, 0) is 4.74 Å². The minimum absolute atomic E-state index is 0.284. The van der Waals surface area contributed by atoms with E-state index in [-0.39, 0.29) is 12.1 Å². The highest BCUT2D eigenvalue weighted by molar-refractivity contribution is 5.67. The molecule has 0 aromatic carbocycles. The molecule has 0 spiro atoms. The van der Waals surface area contributed by atoms with Gasteiger partial charge in [0.1, 0.15) is 11.4 Å². The largest absolute Gasteiger partial charge is 0.468 e. The molecular weight excluding hydrogens is 268 g/mol. The standard InChI is InChI=1S/C16H26N2O3/c1-12(14-6-5-9-20-14)18-8-7-13(11-18)10-17-15(19)21-16(2,3)4/h5-6,9,12-13H,7-8,10-11H2,1-4H3,(H,17,19)/t12-,13-/m1/s1. The number of rotatable bonds is 4. The molecule has 2 atom stereocenters. The molecule has 2 rings (SSSR count). The van der Waals surface area contributed by atoms with Crippen molar-refractivity contribution in [3.8, 4) is 0 Å². The van der Waals surface area contributed by atoms with Gasteiger partial charge in [0.15, 0.2) is 0 Å². The summed E-state index contributed by atoms with van der Waals surface area (Å²) in [5.41, 5.74) is -0.445. The fourth-order valence-electron chi connectivity index (χ4n) is 2.63. The Labute approximate surface area is 126 Å². The first-order chi connectivity index (χ1) is 9.85. The van der Waals surface area contributed by atoms with Crippen LogP contribution in [0.5, 0.6) is 0 Å². The fourth-order valence-corrected chi connectivity index (χ4v) is 2.63. The molecule has 1 aliphatic heterocycles. The van der Waals surface area contributed by atoms with Crippen LogP contribution in [0.25, 0.3) is 0 Å². The van der Waals surface area contributed by atoms with E-state index in [9.17, 15) is 4.79 Å². The quantitative estimate of drug-likeness (QED) is 0.926. The third-order valence-electron chi connectivity index (χ3n) is 3.75. The van der Waals surface area contributed by atoms with Gasteiger partial charge < -0.3 is 14.5 Å². The maximum Gasteiger partial charge on any atom is 0.407 e. The first-order valence-electron chi connectivity index (χ1n) is 7.59. The number of amides is 1. The lowest BCUT2D eigenvalue weighted by Crippen LogP contribution is -2.36. The Hall–Kier alpha value is -1.49. The highest BCUT2D eigenvalue weighted by Crippen LogP contribution is 2.27. The highest BCUT2D eigenvalue weighted by Gasteiger charge is 2.28. The first-order valence-corrected chi connectivity index (χ1v) is 7.59. The molecule has 1 fully saturated rings. The smallest absolute Gasteiger partial charge is 0.407 e. The van der Waals surface area contributed by atoms with Gasteiger partial charge in [0.25, 0.3) is 0 Å². The molecular formula is C16H26N2O3. The van der Waals surface area contributed by atoms with Gasteiger partial charge >= 0.3 is 6.09 Å². The molecule has 0 unspecified atom stereocenters. The van der Waals surface area contributed by atoms with Crippen molar-refractivity contribution in [2.75, 3.05) is 19.6 Å². The molecule has 1 saturated heterocycles. The van der Waals surface area contributed by atoms with Crippen molar-refractivity contribution in [3.63, 3.8) is 0 Å². The molecule has 21 heavy (non-hydrogen) atoms. The average Bonchev–Trinajstić information content (AvgIpc) is 3.05. The van der Waals surface area contributed by atoms with E-state index in [1.54, 1.807) is 6.26 Å². The third-order valence-corrected chi connectivity index (χ3v) is 3.75. The molecule has 1 aromatic rings. The molecule has 1 N–H and O–H groups in total. The van der Waals surface area contributed by atoms with E-state index in [0.717, 1.165) is 25.3 Å². The number of carbonyl (C=O) groups excluding carboxylic acids is 1. The zero-order valence-electron chi connectivity index (χ0n) is 13.4. The maximum absolute atomic E-state index is 11.7. The predicted octanol–water partition coefficient (Wildman–Crippen LogP) is 3.19.